The maximum atomic E-state index is 13.0. The first-order valence-electron chi connectivity index (χ1n) is 11.7. The Morgan fingerprint density at radius 3 is 1.37 bits per heavy atom. The zero-order valence-corrected chi connectivity index (χ0v) is 21.3. The first-order chi connectivity index (χ1) is 16.7. The van der Waals surface area contributed by atoms with Gasteiger partial charge in [-0.15, -0.1) is 0 Å². The molecule has 4 rings (SSSR count). The van der Waals surface area contributed by atoms with Crippen molar-refractivity contribution >= 4 is 9.84 Å². The van der Waals surface area contributed by atoms with Gasteiger partial charge in [0, 0.05) is 0 Å². The lowest BCUT2D eigenvalue weighted by Crippen LogP contribution is -2.05. The first kappa shape index (κ1) is 24.6. The summed E-state index contributed by atoms with van der Waals surface area (Å²) in [7, 11) is -3.58. The van der Waals surface area contributed by atoms with E-state index in [2.05, 4.69) is 13.8 Å². The zero-order chi connectivity index (χ0) is 25.0. The Hall–Kier alpha value is -3.57. The van der Waals surface area contributed by atoms with Gasteiger partial charge in [0.15, 0.2) is 0 Å². The highest BCUT2D eigenvalue weighted by Crippen LogP contribution is 2.29. The lowest BCUT2D eigenvalue weighted by molar-refractivity contribution is 0.242. The van der Waals surface area contributed by atoms with E-state index in [-0.39, 0.29) is 15.9 Å². The van der Waals surface area contributed by atoms with E-state index in [1.807, 2.05) is 74.5 Å². The average molecular weight is 487 g/mol. The lowest BCUT2D eigenvalue weighted by atomic mass is 10.0. The second-order valence-electron chi connectivity index (χ2n) is 9.02. The molecule has 0 N–H and O–H groups in total. The van der Waals surface area contributed by atoms with Gasteiger partial charge in [0.2, 0.25) is 9.84 Å². The van der Waals surface area contributed by atoms with Crippen LogP contribution in [0.3, 0.4) is 0 Å². The van der Waals surface area contributed by atoms with Crippen LogP contribution in [0.25, 0.3) is 11.1 Å². The molecule has 0 amide bonds. The Labute approximate surface area is 208 Å². The summed E-state index contributed by atoms with van der Waals surface area (Å²) in [6, 6.07) is 29.4. The molecule has 0 aromatic heterocycles. The van der Waals surface area contributed by atoms with Crippen LogP contribution in [0.4, 0.5) is 0 Å². The third-order valence-electron chi connectivity index (χ3n) is 5.64. The highest BCUT2D eigenvalue weighted by atomic mass is 32.2. The van der Waals surface area contributed by atoms with Crippen LogP contribution in [-0.4, -0.2) is 14.5 Å². The van der Waals surface area contributed by atoms with E-state index < -0.39 is 9.84 Å². The molecule has 0 fully saturated rings. The van der Waals surface area contributed by atoms with Crippen LogP contribution in [-0.2, 0) is 9.84 Å². The minimum Gasteiger partial charge on any atom is -0.491 e. The summed E-state index contributed by atoms with van der Waals surface area (Å²) in [6.45, 7) is 8.17. The van der Waals surface area contributed by atoms with Crippen LogP contribution < -0.4 is 9.47 Å². The standard InChI is InChI=1S/C30H30O4S/c1-21(2)23-9-17-29(18-10-23)35(31,32)30-19-15-28(16-20-30)34-27-13-7-25(8-14-27)24-5-11-26(12-6-24)33-22(3)4/h5-22H,1-4H3. The van der Waals surface area contributed by atoms with Gasteiger partial charge < -0.3 is 9.47 Å². The quantitative estimate of drug-likeness (QED) is 0.254. The van der Waals surface area contributed by atoms with Gasteiger partial charge in [-0.1, -0.05) is 50.2 Å². The molecule has 5 heteroatoms. The molecule has 35 heavy (non-hydrogen) atoms. The van der Waals surface area contributed by atoms with Crippen molar-refractivity contribution in [2.75, 3.05) is 0 Å². The van der Waals surface area contributed by atoms with E-state index >= 15 is 0 Å². The summed E-state index contributed by atoms with van der Waals surface area (Å²) in [5.41, 5.74) is 3.26. The normalized spacial score (nSPS) is 11.6. The molecule has 4 nitrogen and oxygen atoms in total. The summed E-state index contributed by atoms with van der Waals surface area (Å²) in [5.74, 6) is 2.44. The van der Waals surface area contributed by atoms with Crippen molar-refractivity contribution in [3.05, 3.63) is 103 Å². The van der Waals surface area contributed by atoms with E-state index in [0.29, 0.717) is 17.4 Å². The lowest BCUT2D eigenvalue weighted by Gasteiger charge is -2.11. The summed E-state index contributed by atoms with van der Waals surface area (Å²) in [6.07, 6.45) is 0.141. The van der Waals surface area contributed by atoms with E-state index in [0.717, 1.165) is 22.4 Å². The fourth-order valence-corrected chi connectivity index (χ4v) is 4.97. The second-order valence-corrected chi connectivity index (χ2v) is 11.0. The van der Waals surface area contributed by atoms with Crippen molar-refractivity contribution in [1.82, 2.24) is 0 Å². The van der Waals surface area contributed by atoms with Gasteiger partial charge in [-0.2, -0.15) is 0 Å². The molecule has 4 aromatic carbocycles. The molecule has 0 saturated carbocycles. The third-order valence-corrected chi connectivity index (χ3v) is 7.43. The number of benzene rings is 4. The van der Waals surface area contributed by atoms with Gasteiger partial charge >= 0.3 is 0 Å². The second kappa shape index (κ2) is 10.4. The van der Waals surface area contributed by atoms with Crippen molar-refractivity contribution in [3.8, 4) is 28.4 Å². The minimum atomic E-state index is -3.58. The Morgan fingerprint density at radius 1 is 0.543 bits per heavy atom. The average Bonchev–Trinajstić information content (AvgIpc) is 2.85. The minimum absolute atomic E-state index is 0.141. The van der Waals surface area contributed by atoms with E-state index in [4.69, 9.17) is 9.47 Å². The highest BCUT2D eigenvalue weighted by molar-refractivity contribution is 7.91. The molecule has 0 heterocycles. The molecule has 0 aliphatic carbocycles. The van der Waals surface area contributed by atoms with E-state index in [1.165, 1.54) is 0 Å². The van der Waals surface area contributed by atoms with Gasteiger partial charge in [0.05, 0.1) is 15.9 Å². The molecule has 0 spiro atoms. The van der Waals surface area contributed by atoms with Crippen molar-refractivity contribution in [3.63, 3.8) is 0 Å². The molecule has 180 valence electrons. The van der Waals surface area contributed by atoms with Crippen LogP contribution in [0.1, 0.15) is 39.2 Å². The van der Waals surface area contributed by atoms with Gasteiger partial charge in [-0.3, -0.25) is 0 Å². The molecule has 4 aromatic rings. The maximum Gasteiger partial charge on any atom is 0.206 e. The third kappa shape index (κ3) is 5.92. The molecule has 0 aliphatic rings. The van der Waals surface area contributed by atoms with Gasteiger partial charge in [-0.25, -0.2) is 8.42 Å². The van der Waals surface area contributed by atoms with Crippen molar-refractivity contribution in [2.45, 2.75) is 49.5 Å². The Balaban J connectivity index is 1.44. The highest BCUT2D eigenvalue weighted by Gasteiger charge is 2.18. The van der Waals surface area contributed by atoms with Crippen LogP contribution in [0, 0.1) is 0 Å². The van der Waals surface area contributed by atoms with E-state index in [1.54, 1.807) is 36.4 Å². The van der Waals surface area contributed by atoms with Crippen molar-refractivity contribution < 1.29 is 17.9 Å². The van der Waals surface area contributed by atoms with Crippen LogP contribution in [0.15, 0.2) is 107 Å². The molecule has 0 atom stereocenters. The smallest absolute Gasteiger partial charge is 0.206 e. The molecule has 0 unspecified atom stereocenters. The SMILES string of the molecule is CC(C)Oc1ccc(-c2ccc(Oc3ccc(S(=O)(=O)c4ccc(C(C)C)cc4)cc3)cc2)cc1. The van der Waals surface area contributed by atoms with Crippen molar-refractivity contribution in [1.29, 1.82) is 0 Å². The largest absolute Gasteiger partial charge is 0.491 e. The van der Waals surface area contributed by atoms with Gasteiger partial charge in [0.1, 0.15) is 17.2 Å². The molecular weight excluding hydrogens is 456 g/mol. The number of hydrogen-bond acceptors (Lipinski definition) is 4. The fourth-order valence-electron chi connectivity index (χ4n) is 3.70. The Bertz CT molecular complexity index is 1350. The number of ether oxygens (including phenoxy) is 2. The molecular formula is C30H30O4S. The Morgan fingerprint density at radius 2 is 0.943 bits per heavy atom. The molecule has 0 radical (unpaired) electrons. The first-order valence-corrected chi connectivity index (χ1v) is 13.2. The number of hydrogen-bond donors (Lipinski definition) is 0. The fraction of sp³-hybridized carbons (Fsp3) is 0.200. The number of rotatable bonds is 8. The van der Waals surface area contributed by atoms with Crippen molar-refractivity contribution in [2.24, 2.45) is 0 Å². The predicted octanol–water partition coefficient (Wildman–Crippen LogP) is 7.89. The Kier molecular flexibility index (Phi) is 7.27. The summed E-state index contributed by atoms with van der Waals surface area (Å²) in [4.78, 5) is 0.525. The maximum absolute atomic E-state index is 13.0. The summed E-state index contributed by atoms with van der Waals surface area (Å²) >= 11 is 0. The zero-order valence-electron chi connectivity index (χ0n) is 20.4. The summed E-state index contributed by atoms with van der Waals surface area (Å²) < 4.78 is 37.6. The summed E-state index contributed by atoms with van der Waals surface area (Å²) in [5, 5.41) is 0. The predicted molar refractivity (Wildman–Crippen MR) is 140 cm³/mol. The van der Waals surface area contributed by atoms with E-state index in [9.17, 15) is 8.42 Å². The molecule has 0 aliphatic heterocycles. The van der Waals surface area contributed by atoms with Gasteiger partial charge in [0.25, 0.3) is 0 Å². The number of sulfone groups is 1. The molecule has 0 bridgehead atoms. The topological polar surface area (TPSA) is 52.6 Å². The van der Waals surface area contributed by atoms with Crippen LogP contribution in [0.2, 0.25) is 0 Å². The monoisotopic (exact) mass is 486 g/mol. The van der Waals surface area contributed by atoms with Gasteiger partial charge in [-0.05, 0) is 97.1 Å². The van der Waals surface area contributed by atoms with Crippen LogP contribution in [0.5, 0.6) is 17.2 Å². The molecule has 0 saturated heterocycles. The van der Waals surface area contributed by atoms with Crippen LogP contribution >= 0.6 is 0 Å².